The van der Waals surface area contributed by atoms with Crippen LogP contribution in [0, 0.1) is 0 Å². The van der Waals surface area contributed by atoms with Crippen molar-refractivity contribution < 1.29 is 9.47 Å². The van der Waals surface area contributed by atoms with E-state index in [0.717, 1.165) is 49.5 Å². The van der Waals surface area contributed by atoms with E-state index in [1.54, 1.807) is 7.11 Å². The van der Waals surface area contributed by atoms with Crippen molar-refractivity contribution in [3.05, 3.63) is 60.3 Å². The van der Waals surface area contributed by atoms with E-state index >= 15 is 0 Å². The van der Waals surface area contributed by atoms with Crippen molar-refractivity contribution in [1.82, 2.24) is 9.88 Å². The SMILES string of the molecule is COc1ccc(-c2ccccc2CN2CCOCC2)c2cccnc12. The molecule has 0 amide bonds. The molecule has 1 aliphatic heterocycles. The van der Waals surface area contributed by atoms with Crippen molar-refractivity contribution in [2.45, 2.75) is 6.54 Å². The first-order chi connectivity index (χ1) is 12.4. The van der Waals surface area contributed by atoms with Gasteiger partial charge in [-0.3, -0.25) is 9.88 Å². The van der Waals surface area contributed by atoms with Gasteiger partial charge in [-0.25, -0.2) is 0 Å². The molecule has 128 valence electrons. The third-order valence-electron chi connectivity index (χ3n) is 4.76. The quantitative estimate of drug-likeness (QED) is 0.728. The molecule has 4 nitrogen and oxygen atoms in total. The third-order valence-corrected chi connectivity index (χ3v) is 4.76. The maximum absolute atomic E-state index is 5.49. The molecule has 0 unspecified atom stereocenters. The Morgan fingerprint density at radius 3 is 2.68 bits per heavy atom. The lowest BCUT2D eigenvalue weighted by Gasteiger charge is -2.27. The number of aromatic nitrogens is 1. The van der Waals surface area contributed by atoms with Gasteiger partial charge in [0.05, 0.1) is 20.3 Å². The summed E-state index contributed by atoms with van der Waals surface area (Å²) in [5.41, 5.74) is 4.70. The summed E-state index contributed by atoms with van der Waals surface area (Å²) in [6.45, 7) is 4.54. The summed E-state index contributed by atoms with van der Waals surface area (Å²) in [5, 5.41) is 1.12. The largest absolute Gasteiger partial charge is 0.494 e. The first-order valence-corrected chi connectivity index (χ1v) is 8.67. The number of rotatable bonds is 4. The van der Waals surface area contributed by atoms with E-state index in [1.807, 2.05) is 18.3 Å². The number of ether oxygens (including phenoxy) is 2. The van der Waals surface area contributed by atoms with Gasteiger partial charge in [-0.1, -0.05) is 30.3 Å². The molecule has 0 bridgehead atoms. The highest BCUT2D eigenvalue weighted by Crippen LogP contribution is 2.35. The second-order valence-corrected chi connectivity index (χ2v) is 6.26. The van der Waals surface area contributed by atoms with Gasteiger partial charge < -0.3 is 9.47 Å². The minimum atomic E-state index is 0.810. The highest BCUT2D eigenvalue weighted by atomic mass is 16.5. The van der Waals surface area contributed by atoms with Crippen molar-refractivity contribution in [2.75, 3.05) is 33.4 Å². The maximum atomic E-state index is 5.49. The molecule has 0 atom stereocenters. The summed E-state index contributed by atoms with van der Waals surface area (Å²) in [7, 11) is 1.69. The number of nitrogens with zero attached hydrogens (tertiary/aromatic N) is 2. The zero-order chi connectivity index (χ0) is 17.1. The van der Waals surface area contributed by atoms with Crippen molar-refractivity contribution in [1.29, 1.82) is 0 Å². The molecule has 2 heterocycles. The van der Waals surface area contributed by atoms with E-state index in [9.17, 15) is 0 Å². The van der Waals surface area contributed by atoms with E-state index in [2.05, 4.69) is 46.3 Å². The number of pyridine rings is 1. The summed E-state index contributed by atoms with van der Waals surface area (Å²) >= 11 is 0. The van der Waals surface area contributed by atoms with Crippen LogP contribution in [-0.2, 0) is 11.3 Å². The van der Waals surface area contributed by atoms with Gasteiger partial charge in [0.15, 0.2) is 0 Å². The Kier molecular flexibility index (Phi) is 4.63. The molecule has 25 heavy (non-hydrogen) atoms. The number of hydrogen-bond acceptors (Lipinski definition) is 4. The highest BCUT2D eigenvalue weighted by Gasteiger charge is 2.15. The maximum Gasteiger partial charge on any atom is 0.145 e. The second kappa shape index (κ2) is 7.21. The Bertz CT molecular complexity index is 873. The Morgan fingerprint density at radius 2 is 1.84 bits per heavy atom. The fourth-order valence-electron chi connectivity index (χ4n) is 3.47. The van der Waals surface area contributed by atoms with Crippen LogP contribution in [0.5, 0.6) is 5.75 Å². The molecule has 3 aromatic rings. The van der Waals surface area contributed by atoms with Crippen LogP contribution in [0.1, 0.15) is 5.56 Å². The number of morpholine rings is 1. The smallest absolute Gasteiger partial charge is 0.145 e. The van der Waals surface area contributed by atoms with E-state index < -0.39 is 0 Å². The van der Waals surface area contributed by atoms with Crippen LogP contribution in [0.25, 0.3) is 22.0 Å². The molecule has 0 radical (unpaired) electrons. The summed E-state index contributed by atoms with van der Waals surface area (Å²) in [4.78, 5) is 6.98. The predicted octanol–water partition coefficient (Wildman–Crippen LogP) is 3.74. The molecular weight excluding hydrogens is 312 g/mol. The first-order valence-electron chi connectivity index (χ1n) is 8.67. The summed E-state index contributed by atoms with van der Waals surface area (Å²) in [5.74, 6) is 0.810. The van der Waals surface area contributed by atoms with Gasteiger partial charge in [-0.2, -0.15) is 0 Å². The molecule has 1 fully saturated rings. The summed E-state index contributed by atoms with van der Waals surface area (Å²) < 4.78 is 11.0. The lowest BCUT2D eigenvalue weighted by Crippen LogP contribution is -2.35. The van der Waals surface area contributed by atoms with Gasteiger partial charge in [-0.15, -0.1) is 0 Å². The summed E-state index contributed by atoms with van der Waals surface area (Å²) in [6, 6.07) is 16.9. The Labute approximate surface area is 148 Å². The minimum absolute atomic E-state index is 0.810. The molecule has 0 N–H and O–H groups in total. The minimum Gasteiger partial charge on any atom is -0.494 e. The fourth-order valence-corrected chi connectivity index (χ4v) is 3.47. The molecule has 1 aromatic heterocycles. The van der Waals surface area contributed by atoms with Crippen molar-refractivity contribution >= 4 is 10.9 Å². The van der Waals surface area contributed by atoms with Crippen molar-refractivity contribution in [3.63, 3.8) is 0 Å². The van der Waals surface area contributed by atoms with Gasteiger partial charge in [0.25, 0.3) is 0 Å². The Hall–Kier alpha value is -2.43. The molecule has 1 aliphatic rings. The summed E-state index contributed by atoms with van der Waals surface area (Å²) in [6.07, 6.45) is 1.81. The van der Waals surface area contributed by atoms with Crippen LogP contribution in [-0.4, -0.2) is 43.3 Å². The van der Waals surface area contributed by atoms with E-state index in [0.29, 0.717) is 0 Å². The van der Waals surface area contributed by atoms with Gasteiger partial charge in [0.1, 0.15) is 11.3 Å². The van der Waals surface area contributed by atoms with Gasteiger partial charge in [-0.05, 0) is 34.9 Å². The zero-order valence-corrected chi connectivity index (χ0v) is 14.4. The van der Waals surface area contributed by atoms with Gasteiger partial charge >= 0.3 is 0 Å². The second-order valence-electron chi connectivity index (χ2n) is 6.26. The number of hydrogen-bond donors (Lipinski definition) is 0. The lowest BCUT2D eigenvalue weighted by molar-refractivity contribution is 0.0342. The van der Waals surface area contributed by atoms with Crippen LogP contribution in [0.4, 0.5) is 0 Å². The number of methoxy groups -OCH3 is 1. The molecule has 2 aromatic carbocycles. The third kappa shape index (κ3) is 3.23. The number of fused-ring (bicyclic) bond motifs is 1. The topological polar surface area (TPSA) is 34.6 Å². The van der Waals surface area contributed by atoms with Gasteiger partial charge in [0, 0.05) is 31.2 Å². The molecule has 4 heteroatoms. The lowest BCUT2D eigenvalue weighted by atomic mass is 9.95. The van der Waals surface area contributed by atoms with Crippen molar-refractivity contribution in [3.8, 4) is 16.9 Å². The van der Waals surface area contributed by atoms with Crippen LogP contribution in [0.3, 0.4) is 0 Å². The standard InChI is InChI=1S/C21H22N2O2/c1-24-20-9-8-18(19-7-4-10-22-21(19)20)17-6-3-2-5-16(17)15-23-11-13-25-14-12-23/h2-10H,11-15H2,1H3. The predicted molar refractivity (Wildman–Crippen MR) is 99.8 cm³/mol. The monoisotopic (exact) mass is 334 g/mol. The first kappa shape index (κ1) is 16.1. The molecule has 0 spiro atoms. The van der Waals surface area contributed by atoms with Gasteiger partial charge in [0.2, 0.25) is 0 Å². The molecule has 4 rings (SSSR count). The normalized spacial score (nSPS) is 15.4. The Morgan fingerprint density at radius 1 is 1.00 bits per heavy atom. The molecular formula is C21H22N2O2. The van der Waals surface area contributed by atoms with Crippen LogP contribution >= 0.6 is 0 Å². The molecule has 1 saturated heterocycles. The van der Waals surface area contributed by atoms with E-state index in [-0.39, 0.29) is 0 Å². The fraction of sp³-hybridized carbons (Fsp3) is 0.286. The molecule has 0 saturated carbocycles. The van der Waals surface area contributed by atoms with E-state index in [4.69, 9.17) is 9.47 Å². The zero-order valence-electron chi connectivity index (χ0n) is 14.4. The average Bonchev–Trinajstić information content (AvgIpc) is 2.68. The average molecular weight is 334 g/mol. The Balaban J connectivity index is 1.79. The van der Waals surface area contributed by atoms with Crippen LogP contribution < -0.4 is 4.74 Å². The van der Waals surface area contributed by atoms with Crippen LogP contribution in [0.15, 0.2) is 54.7 Å². The number of benzene rings is 2. The van der Waals surface area contributed by atoms with Crippen LogP contribution in [0.2, 0.25) is 0 Å². The van der Waals surface area contributed by atoms with Crippen molar-refractivity contribution in [2.24, 2.45) is 0 Å². The highest BCUT2D eigenvalue weighted by molar-refractivity contribution is 5.98. The van der Waals surface area contributed by atoms with E-state index in [1.165, 1.54) is 16.7 Å². The molecule has 0 aliphatic carbocycles.